The molecule has 0 saturated heterocycles. The molecule has 1 aliphatic carbocycles. The molecule has 1 saturated carbocycles. The molecule has 7 nitrogen and oxygen atoms in total. The quantitative estimate of drug-likeness (QED) is 0.504. The molecule has 2 aromatic heterocycles. The van der Waals surface area contributed by atoms with Crippen molar-refractivity contribution >= 4 is 28.9 Å². The molecule has 32 heavy (non-hydrogen) atoms. The van der Waals surface area contributed by atoms with Gasteiger partial charge in [-0.1, -0.05) is 19.9 Å². The van der Waals surface area contributed by atoms with Crippen molar-refractivity contribution in [2.75, 3.05) is 5.32 Å². The first-order valence-corrected chi connectivity index (χ1v) is 11.6. The molecular formula is C24H28N4O3S. The van der Waals surface area contributed by atoms with Crippen LogP contribution in [-0.2, 0) is 10.4 Å². The zero-order chi connectivity index (χ0) is 23.0. The Balaban J connectivity index is 1.61. The first-order chi connectivity index (χ1) is 15.2. The number of carboxylic acid groups (broad SMARTS) is 1. The number of anilines is 2. The maximum absolute atomic E-state index is 11.6. The van der Waals surface area contributed by atoms with E-state index >= 15 is 0 Å². The average molecular weight is 453 g/mol. The Morgan fingerprint density at radius 1 is 1.22 bits per heavy atom. The largest absolute Gasteiger partial charge is 0.481 e. The van der Waals surface area contributed by atoms with Crippen molar-refractivity contribution in [3.05, 3.63) is 52.9 Å². The average Bonchev–Trinajstić information content (AvgIpc) is 3.21. The molecule has 4 atom stereocenters. The normalized spacial score (nSPS) is 25.5. The molecule has 0 aliphatic heterocycles. The molecule has 0 spiro atoms. The van der Waals surface area contributed by atoms with Crippen molar-refractivity contribution in [1.29, 1.82) is 0 Å². The van der Waals surface area contributed by atoms with Crippen LogP contribution in [0.4, 0.5) is 11.6 Å². The molecule has 3 N–H and O–H groups in total. The fraction of sp³-hybridized carbons (Fsp3) is 0.417. The molecule has 1 aromatic carbocycles. The number of hydrogen-bond donors (Lipinski definition) is 3. The van der Waals surface area contributed by atoms with Crippen LogP contribution in [0, 0.1) is 31.6 Å². The number of aromatic nitrogens is 3. The van der Waals surface area contributed by atoms with Crippen LogP contribution in [0.5, 0.6) is 0 Å². The lowest BCUT2D eigenvalue weighted by molar-refractivity contribution is -0.152. The highest BCUT2D eigenvalue weighted by Crippen LogP contribution is 2.48. The van der Waals surface area contributed by atoms with Crippen molar-refractivity contribution in [2.24, 2.45) is 17.8 Å². The standard InChI is InChI=1S/C24H28N4O3S/c1-13-7-17(10-18(8-13)28-23-25-6-5-16(4)27-23)20-12-26-22(32-20)24(31)11-14(2)19(21(29)30)9-15(24)3/h5-8,10,12,14-15,19,31H,9,11H2,1-4H3,(H,29,30)(H,25,27,28)/t14-,15+,19+,24+/m0/s1. The Hall–Kier alpha value is -2.84. The van der Waals surface area contributed by atoms with Gasteiger partial charge in [0, 0.05) is 23.8 Å². The van der Waals surface area contributed by atoms with Crippen LogP contribution in [0.2, 0.25) is 0 Å². The molecule has 0 unspecified atom stereocenters. The number of aryl methyl sites for hydroxylation is 2. The van der Waals surface area contributed by atoms with Crippen molar-refractivity contribution < 1.29 is 15.0 Å². The summed E-state index contributed by atoms with van der Waals surface area (Å²) in [6.07, 6.45) is 4.35. The third-order valence-electron chi connectivity index (χ3n) is 6.35. The zero-order valence-corrected chi connectivity index (χ0v) is 19.5. The van der Waals surface area contributed by atoms with Crippen LogP contribution in [0.1, 0.15) is 43.0 Å². The Labute approximate surface area is 191 Å². The van der Waals surface area contributed by atoms with Crippen LogP contribution in [0.15, 0.2) is 36.7 Å². The minimum Gasteiger partial charge on any atom is -0.481 e. The summed E-state index contributed by atoms with van der Waals surface area (Å²) in [6.45, 7) is 7.76. The lowest BCUT2D eigenvalue weighted by Crippen LogP contribution is -2.44. The molecule has 3 aromatic rings. The van der Waals surface area contributed by atoms with E-state index in [1.54, 1.807) is 12.4 Å². The van der Waals surface area contributed by atoms with E-state index in [1.165, 1.54) is 11.3 Å². The van der Waals surface area contributed by atoms with Crippen molar-refractivity contribution in [2.45, 2.75) is 46.1 Å². The zero-order valence-electron chi connectivity index (χ0n) is 18.7. The van der Waals surface area contributed by atoms with Gasteiger partial charge in [0.25, 0.3) is 0 Å². The number of benzene rings is 1. The fourth-order valence-electron chi connectivity index (χ4n) is 4.53. The molecule has 0 bridgehead atoms. The molecule has 1 aliphatic rings. The summed E-state index contributed by atoms with van der Waals surface area (Å²) >= 11 is 1.47. The van der Waals surface area contributed by atoms with Crippen molar-refractivity contribution in [1.82, 2.24) is 15.0 Å². The Bertz CT molecular complexity index is 1150. The van der Waals surface area contributed by atoms with E-state index in [4.69, 9.17) is 0 Å². The third kappa shape index (κ3) is 4.38. The van der Waals surface area contributed by atoms with Crippen LogP contribution in [0.25, 0.3) is 10.4 Å². The first-order valence-electron chi connectivity index (χ1n) is 10.8. The Kier molecular flexibility index (Phi) is 6.01. The summed E-state index contributed by atoms with van der Waals surface area (Å²) in [6, 6.07) is 7.98. The second-order valence-corrected chi connectivity index (χ2v) is 9.98. The number of hydrogen-bond acceptors (Lipinski definition) is 7. The number of nitrogens with zero attached hydrogens (tertiary/aromatic N) is 3. The lowest BCUT2D eigenvalue weighted by Gasteiger charge is -2.42. The second kappa shape index (κ2) is 8.60. The van der Waals surface area contributed by atoms with Crippen LogP contribution in [0.3, 0.4) is 0 Å². The van der Waals surface area contributed by atoms with Crippen molar-refractivity contribution in [3.63, 3.8) is 0 Å². The van der Waals surface area contributed by atoms with Gasteiger partial charge >= 0.3 is 5.97 Å². The summed E-state index contributed by atoms with van der Waals surface area (Å²) in [4.78, 5) is 25.7. The third-order valence-corrected chi connectivity index (χ3v) is 7.56. The number of carbonyl (C=O) groups is 1. The van der Waals surface area contributed by atoms with E-state index < -0.39 is 17.5 Å². The van der Waals surface area contributed by atoms with Crippen LogP contribution < -0.4 is 5.32 Å². The molecule has 168 valence electrons. The van der Waals surface area contributed by atoms with Crippen molar-refractivity contribution in [3.8, 4) is 10.4 Å². The smallest absolute Gasteiger partial charge is 0.306 e. The maximum Gasteiger partial charge on any atom is 0.306 e. The van der Waals surface area contributed by atoms with E-state index in [2.05, 4.69) is 26.3 Å². The minimum absolute atomic E-state index is 0.120. The van der Waals surface area contributed by atoms with E-state index in [9.17, 15) is 15.0 Å². The second-order valence-electron chi connectivity index (χ2n) is 8.95. The maximum atomic E-state index is 11.6. The number of thiazole rings is 1. The summed E-state index contributed by atoms with van der Waals surface area (Å²) < 4.78 is 0. The fourth-order valence-corrected chi connectivity index (χ4v) is 5.64. The number of carboxylic acids is 1. The Morgan fingerprint density at radius 2 is 2.00 bits per heavy atom. The van der Waals surface area contributed by atoms with Gasteiger partial charge in [-0.05, 0) is 67.9 Å². The molecular weight excluding hydrogens is 424 g/mol. The topological polar surface area (TPSA) is 108 Å². The predicted octanol–water partition coefficient (Wildman–Crippen LogP) is 4.91. The van der Waals surface area contributed by atoms with Gasteiger partial charge < -0.3 is 15.5 Å². The van der Waals surface area contributed by atoms with E-state index in [1.807, 2.05) is 45.9 Å². The highest BCUT2D eigenvalue weighted by molar-refractivity contribution is 7.15. The molecule has 4 rings (SSSR count). The van der Waals surface area contributed by atoms with Gasteiger partial charge in [-0.25, -0.2) is 15.0 Å². The number of rotatable bonds is 5. The number of nitrogens with one attached hydrogen (secondary N) is 1. The highest BCUT2D eigenvalue weighted by Gasteiger charge is 2.48. The molecule has 8 heteroatoms. The summed E-state index contributed by atoms with van der Waals surface area (Å²) in [5.41, 5.74) is 2.72. The predicted molar refractivity (Wildman–Crippen MR) is 125 cm³/mol. The van der Waals surface area contributed by atoms with Gasteiger partial charge in [-0.2, -0.15) is 0 Å². The van der Waals surface area contributed by atoms with Crippen LogP contribution in [-0.4, -0.2) is 31.1 Å². The lowest BCUT2D eigenvalue weighted by atomic mass is 9.67. The molecule has 0 radical (unpaired) electrons. The number of aliphatic hydroxyl groups is 1. The summed E-state index contributed by atoms with van der Waals surface area (Å²) in [5.74, 6) is -0.987. The van der Waals surface area contributed by atoms with Gasteiger partial charge in [-0.15, -0.1) is 11.3 Å². The first kappa shape index (κ1) is 22.4. The van der Waals surface area contributed by atoms with Crippen LogP contribution >= 0.6 is 11.3 Å². The minimum atomic E-state index is -1.12. The van der Waals surface area contributed by atoms with Gasteiger partial charge in [0.15, 0.2) is 0 Å². The van der Waals surface area contributed by atoms with E-state index in [0.29, 0.717) is 23.8 Å². The SMILES string of the molecule is Cc1cc(Nc2nccc(C)n2)cc(-c2cnc([C@@]3(O)C[C@H](C)[C@H](C(=O)O)C[C@H]3C)s2)c1. The molecule has 0 amide bonds. The van der Waals surface area contributed by atoms with E-state index in [-0.39, 0.29) is 11.8 Å². The van der Waals surface area contributed by atoms with E-state index in [0.717, 1.165) is 27.4 Å². The molecule has 2 heterocycles. The number of aliphatic carboxylic acids is 1. The monoisotopic (exact) mass is 452 g/mol. The summed E-state index contributed by atoms with van der Waals surface area (Å²) in [5, 5.41) is 24.9. The summed E-state index contributed by atoms with van der Waals surface area (Å²) in [7, 11) is 0. The Morgan fingerprint density at radius 3 is 2.72 bits per heavy atom. The highest BCUT2D eigenvalue weighted by atomic mass is 32.1. The van der Waals surface area contributed by atoms with Gasteiger partial charge in [0.05, 0.1) is 10.8 Å². The molecule has 1 fully saturated rings. The van der Waals surface area contributed by atoms with Gasteiger partial charge in [0.1, 0.15) is 10.6 Å². The van der Waals surface area contributed by atoms with Gasteiger partial charge in [0.2, 0.25) is 5.95 Å². The van der Waals surface area contributed by atoms with Gasteiger partial charge in [-0.3, -0.25) is 4.79 Å².